The van der Waals surface area contributed by atoms with E-state index in [9.17, 15) is 4.79 Å². The summed E-state index contributed by atoms with van der Waals surface area (Å²) in [5.74, 6) is 0.810. The second-order valence-corrected chi connectivity index (χ2v) is 16.7. The molecule has 3 rings (SSSR count). The first-order valence-corrected chi connectivity index (χ1v) is 16.1. The molecule has 0 saturated heterocycles. The minimum Gasteiger partial charge on any atom is -0.417 e. The van der Waals surface area contributed by atoms with Crippen molar-refractivity contribution >= 4 is 41.6 Å². The van der Waals surface area contributed by atoms with Crippen LogP contribution < -0.4 is 5.56 Å². The van der Waals surface area contributed by atoms with E-state index in [0.29, 0.717) is 6.54 Å². The molecule has 0 amide bonds. The molecule has 1 aromatic carbocycles. The minimum atomic E-state index is -1.73. The van der Waals surface area contributed by atoms with E-state index in [0.717, 1.165) is 40.6 Å². The molecule has 0 bridgehead atoms. The fourth-order valence-electron chi connectivity index (χ4n) is 3.24. The summed E-state index contributed by atoms with van der Waals surface area (Å²) in [4.78, 5) is 18.0. The maximum atomic E-state index is 13.2. The van der Waals surface area contributed by atoms with Gasteiger partial charge < -0.3 is 4.43 Å². The SMILES string of the molecule is Cc1ccc(C)c(CSc2nc3ccsc3c(=O)n2CCCCO[Si](C)(C)C(C)(C)C)c1. The van der Waals surface area contributed by atoms with Gasteiger partial charge in [0, 0.05) is 18.9 Å². The van der Waals surface area contributed by atoms with E-state index in [1.807, 2.05) is 16.0 Å². The smallest absolute Gasteiger partial charge is 0.272 e. The molecule has 2 aromatic heterocycles. The molecular formula is C25H36N2O2S2Si. The third kappa shape index (κ3) is 5.93. The molecule has 0 N–H and O–H groups in total. The predicted octanol–water partition coefficient (Wildman–Crippen LogP) is 7.17. The molecule has 0 spiro atoms. The van der Waals surface area contributed by atoms with Crippen LogP contribution in [-0.2, 0) is 16.7 Å². The lowest BCUT2D eigenvalue weighted by molar-refractivity contribution is 0.275. The zero-order chi connectivity index (χ0) is 23.5. The van der Waals surface area contributed by atoms with Crippen LogP contribution in [0.25, 0.3) is 10.2 Å². The number of unbranched alkanes of at least 4 members (excludes halogenated alkanes) is 1. The Hall–Kier alpha value is -1.41. The molecule has 174 valence electrons. The van der Waals surface area contributed by atoms with E-state index in [-0.39, 0.29) is 10.6 Å². The molecule has 0 atom stereocenters. The van der Waals surface area contributed by atoms with Crippen LogP contribution in [0.5, 0.6) is 0 Å². The standard InChI is InChI=1S/C25H36N2O2S2Si/c1-18-10-11-19(2)20(16-18)17-31-24-26-21-12-15-30-22(21)23(28)27(24)13-8-9-14-29-32(6,7)25(3,4)5/h10-12,15-16H,8-9,13-14,17H2,1-7H3. The minimum absolute atomic E-state index is 0.0822. The highest BCUT2D eigenvalue weighted by Gasteiger charge is 2.36. The van der Waals surface area contributed by atoms with Crippen LogP contribution in [0.2, 0.25) is 18.1 Å². The van der Waals surface area contributed by atoms with Crippen molar-refractivity contribution in [2.24, 2.45) is 0 Å². The Balaban J connectivity index is 1.72. The fourth-order valence-corrected chi connectivity index (χ4v) is 6.20. The number of thiophene rings is 1. The average molecular weight is 489 g/mol. The van der Waals surface area contributed by atoms with Crippen molar-refractivity contribution < 1.29 is 4.43 Å². The van der Waals surface area contributed by atoms with E-state index in [1.54, 1.807) is 11.8 Å². The Bertz CT molecular complexity index is 1130. The monoisotopic (exact) mass is 488 g/mol. The molecule has 0 aliphatic carbocycles. The highest BCUT2D eigenvalue weighted by atomic mass is 32.2. The van der Waals surface area contributed by atoms with E-state index in [1.165, 1.54) is 28.0 Å². The van der Waals surface area contributed by atoms with E-state index in [4.69, 9.17) is 9.41 Å². The number of nitrogens with zero attached hydrogens (tertiary/aromatic N) is 2. The van der Waals surface area contributed by atoms with Gasteiger partial charge in [0.1, 0.15) is 4.70 Å². The molecule has 0 aliphatic rings. The van der Waals surface area contributed by atoms with Gasteiger partial charge in [0.05, 0.1) is 5.52 Å². The van der Waals surface area contributed by atoms with E-state index in [2.05, 4.69) is 65.9 Å². The van der Waals surface area contributed by atoms with Crippen molar-refractivity contribution in [2.45, 2.75) is 83.0 Å². The van der Waals surface area contributed by atoms with Gasteiger partial charge in [-0.3, -0.25) is 9.36 Å². The van der Waals surface area contributed by atoms with Crippen molar-refractivity contribution in [1.29, 1.82) is 0 Å². The number of benzene rings is 1. The van der Waals surface area contributed by atoms with E-state index < -0.39 is 8.32 Å². The first-order valence-electron chi connectivity index (χ1n) is 11.3. The number of fused-ring (bicyclic) bond motifs is 1. The third-order valence-electron chi connectivity index (χ3n) is 6.44. The molecule has 0 aliphatic heterocycles. The summed E-state index contributed by atoms with van der Waals surface area (Å²) in [6.45, 7) is 17.1. The molecule has 32 heavy (non-hydrogen) atoms. The molecule has 4 nitrogen and oxygen atoms in total. The van der Waals surface area contributed by atoms with Gasteiger partial charge in [-0.1, -0.05) is 56.3 Å². The van der Waals surface area contributed by atoms with Gasteiger partial charge in [-0.15, -0.1) is 11.3 Å². The van der Waals surface area contributed by atoms with Crippen LogP contribution in [0.3, 0.4) is 0 Å². The predicted molar refractivity (Wildman–Crippen MR) is 142 cm³/mol. The normalized spacial score (nSPS) is 12.6. The summed E-state index contributed by atoms with van der Waals surface area (Å²) in [5.41, 5.74) is 4.71. The molecule has 3 aromatic rings. The zero-order valence-electron chi connectivity index (χ0n) is 20.4. The van der Waals surface area contributed by atoms with Crippen LogP contribution in [-0.4, -0.2) is 24.5 Å². The fraction of sp³-hybridized carbons (Fsp3) is 0.520. The largest absolute Gasteiger partial charge is 0.417 e. The van der Waals surface area contributed by atoms with Crippen molar-refractivity contribution in [1.82, 2.24) is 9.55 Å². The lowest BCUT2D eigenvalue weighted by Crippen LogP contribution is -2.41. The average Bonchev–Trinajstić information content (AvgIpc) is 3.18. The zero-order valence-corrected chi connectivity index (χ0v) is 23.1. The van der Waals surface area contributed by atoms with Crippen LogP contribution in [0.4, 0.5) is 0 Å². The second-order valence-electron chi connectivity index (χ2n) is 10.0. The first kappa shape index (κ1) is 25.2. The molecule has 2 heterocycles. The van der Waals surface area contributed by atoms with Gasteiger partial charge >= 0.3 is 0 Å². The van der Waals surface area contributed by atoms with Crippen LogP contribution >= 0.6 is 23.1 Å². The Morgan fingerprint density at radius 3 is 2.62 bits per heavy atom. The van der Waals surface area contributed by atoms with Crippen molar-refractivity contribution in [3.63, 3.8) is 0 Å². The Kier molecular flexibility index (Phi) is 8.07. The maximum Gasteiger partial charge on any atom is 0.272 e. The maximum absolute atomic E-state index is 13.2. The molecule has 0 radical (unpaired) electrons. The Morgan fingerprint density at radius 2 is 1.91 bits per heavy atom. The number of thioether (sulfide) groups is 1. The third-order valence-corrected chi connectivity index (χ3v) is 12.9. The number of hydrogen-bond acceptors (Lipinski definition) is 5. The Morgan fingerprint density at radius 1 is 1.16 bits per heavy atom. The van der Waals surface area contributed by atoms with Crippen molar-refractivity contribution in [2.75, 3.05) is 6.61 Å². The summed E-state index contributed by atoms with van der Waals surface area (Å²) >= 11 is 3.14. The van der Waals surface area contributed by atoms with E-state index >= 15 is 0 Å². The molecule has 0 unspecified atom stereocenters. The lowest BCUT2D eigenvalue weighted by atomic mass is 10.1. The van der Waals surface area contributed by atoms with Crippen LogP contribution in [0.15, 0.2) is 39.6 Å². The molecule has 0 saturated carbocycles. The molecule has 7 heteroatoms. The van der Waals surface area contributed by atoms with Gasteiger partial charge in [0.25, 0.3) is 5.56 Å². The number of aryl methyl sites for hydroxylation is 2. The summed E-state index contributed by atoms with van der Waals surface area (Å²) in [6, 6.07) is 8.48. The lowest BCUT2D eigenvalue weighted by Gasteiger charge is -2.36. The number of aromatic nitrogens is 2. The summed E-state index contributed by atoms with van der Waals surface area (Å²) in [6.07, 6.45) is 1.85. The Labute approximate surface area is 201 Å². The van der Waals surface area contributed by atoms with Gasteiger partial charge in [-0.2, -0.15) is 0 Å². The highest BCUT2D eigenvalue weighted by molar-refractivity contribution is 7.98. The highest BCUT2D eigenvalue weighted by Crippen LogP contribution is 2.36. The van der Waals surface area contributed by atoms with Crippen LogP contribution in [0, 0.1) is 13.8 Å². The van der Waals surface area contributed by atoms with Crippen LogP contribution in [0.1, 0.15) is 50.3 Å². The van der Waals surface area contributed by atoms with Crippen molar-refractivity contribution in [3.05, 3.63) is 56.7 Å². The summed E-state index contributed by atoms with van der Waals surface area (Å²) in [5, 5.41) is 2.98. The van der Waals surface area contributed by atoms with Crippen molar-refractivity contribution in [3.8, 4) is 0 Å². The second kappa shape index (κ2) is 10.2. The van der Waals surface area contributed by atoms with Gasteiger partial charge in [0.2, 0.25) is 0 Å². The number of rotatable bonds is 9. The summed E-state index contributed by atoms with van der Waals surface area (Å²) in [7, 11) is -1.73. The molecule has 0 fully saturated rings. The first-order chi connectivity index (χ1) is 15.0. The topological polar surface area (TPSA) is 44.1 Å². The molecular weight excluding hydrogens is 453 g/mol. The quantitative estimate of drug-likeness (QED) is 0.139. The van der Waals surface area contributed by atoms with Gasteiger partial charge in [-0.05, 0) is 67.4 Å². The van der Waals surface area contributed by atoms with Gasteiger partial charge in [0.15, 0.2) is 13.5 Å². The van der Waals surface area contributed by atoms with Gasteiger partial charge in [-0.25, -0.2) is 4.98 Å². The summed E-state index contributed by atoms with van der Waals surface area (Å²) < 4.78 is 8.94. The number of hydrogen-bond donors (Lipinski definition) is 0.